The number of benzene rings is 2. The number of nitrogen functional groups attached to an aromatic ring is 1. The molecule has 3 amide bonds. The largest absolute Gasteiger partial charge is 0.387 e. The van der Waals surface area contributed by atoms with Crippen LogP contribution in [0.2, 0.25) is 0 Å². The molecule has 1 aliphatic heterocycles. The first-order valence-corrected chi connectivity index (χ1v) is 10.1. The zero-order valence-corrected chi connectivity index (χ0v) is 17.9. The van der Waals surface area contributed by atoms with Crippen molar-refractivity contribution in [1.82, 2.24) is 0 Å². The molecule has 1 aliphatic rings. The fourth-order valence-corrected chi connectivity index (χ4v) is 3.28. The Bertz CT molecular complexity index is 1070. The van der Waals surface area contributed by atoms with E-state index in [9.17, 15) is 19.5 Å². The monoisotopic (exact) mass is 455 g/mol. The van der Waals surface area contributed by atoms with E-state index in [1.807, 2.05) is 0 Å². The van der Waals surface area contributed by atoms with Crippen molar-refractivity contribution in [3.63, 3.8) is 0 Å². The maximum Gasteiger partial charge on any atom is 0.259 e. The second-order valence-corrected chi connectivity index (χ2v) is 7.41. The van der Waals surface area contributed by atoms with Crippen molar-refractivity contribution >= 4 is 40.6 Å². The van der Waals surface area contributed by atoms with Gasteiger partial charge < -0.3 is 36.2 Å². The number of anilines is 3. The minimum absolute atomic E-state index is 0.0836. The lowest BCUT2D eigenvalue weighted by Gasteiger charge is -2.34. The molecule has 0 spiro atoms. The SMILES string of the molecule is Cc1ccc(N2CCO[C@H](C(O)C(=O)Nc3ccc(C(=N)N)cc3)C2=O)cc1NC(=O)CO. The van der Waals surface area contributed by atoms with Crippen molar-refractivity contribution in [2.24, 2.45) is 5.73 Å². The Morgan fingerprint density at radius 2 is 1.94 bits per heavy atom. The number of amidine groups is 1. The zero-order chi connectivity index (χ0) is 24.1. The maximum absolute atomic E-state index is 13.0. The molecule has 0 saturated carbocycles. The third-order valence-electron chi connectivity index (χ3n) is 5.09. The van der Waals surface area contributed by atoms with Gasteiger partial charge in [-0.2, -0.15) is 0 Å². The van der Waals surface area contributed by atoms with Crippen molar-refractivity contribution < 1.29 is 29.3 Å². The van der Waals surface area contributed by atoms with Crippen molar-refractivity contribution in [1.29, 1.82) is 5.41 Å². The lowest BCUT2D eigenvalue weighted by Crippen LogP contribution is -2.55. The number of nitrogens with zero attached hydrogens (tertiary/aromatic N) is 1. The van der Waals surface area contributed by atoms with E-state index >= 15 is 0 Å². The van der Waals surface area contributed by atoms with E-state index in [1.165, 1.54) is 17.0 Å². The Kier molecular flexibility index (Phi) is 7.38. The molecule has 11 nitrogen and oxygen atoms in total. The predicted octanol–water partition coefficient (Wildman–Crippen LogP) is -0.0587. The number of carbonyl (C=O) groups is 3. The minimum Gasteiger partial charge on any atom is -0.387 e. The molecule has 2 aromatic rings. The Morgan fingerprint density at radius 3 is 2.58 bits per heavy atom. The number of aliphatic hydroxyl groups excluding tert-OH is 2. The van der Waals surface area contributed by atoms with Crippen LogP contribution in [0.4, 0.5) is 17.1 Å². The lowest BCUT2D eigenvalue weighted by atomic mass is 10.1. The topological polar surface area (TPSA) is 178 Å². The third kappa shape index (κ3) is 5.52. The van der Waals surface area contributed by atoms with Crippen LogP contribution in [0.5, 0.6) is 0 Å². The summed E-state index contributed by atoms with van der Waals surface area (Å²) in [6.07, 6.45) is -3.20. The van der Waals surface area contributed by atoms with Crippen LogP contribution in [-0.4, -0.2) is 65.7 Å². The average molecular weight is 455 g/mol. The molecule has 11 heteroatoms. The highest BCUT2D eigenvalue weighted by atomic mass is 16.5. The smallest absolute Gasteiger partial charge is 0.259 e. The van der Waals surface area contributed by atoms with Crippen LogP contribution in [0.1, 0.15) is 11.1 Å². The molecular weight excluding hydrogens is 430 g/mol. The molecule has 1 saturated heterocycles. The number of amides is 3. The molecule has 3 rings (SSSR count). The van der Waals surface area contributed by atoms with Crippen LogP contribution in [0.25, 0.3) is 0 Å². The molecule has 0 bridgehead atoms. The van der Waals surface area contributed by atoms with Crippen LogP contribution < -0.4 is 21.3 Å². The lowest BCUT2D eigenvalue weighted by molar-refractivity contribution is -0.150. The summed E-state index contributed by atoms with van der Waals surface area (Å²) in [7, 11) is 0. The second kappa shape index (κ2) is 10.2. The molecular formula is C22H25N5O6. The van der Waals surface area contributed by atoms with Crippen molar-refractivity contribution in [3.05, 3.63) is 53.6 Å². The van der Waals surface area contributed by atoms with Gasteiger partial charge in [-0.15, -0.1) is 0 Å². The molecule has 7 N–H and O–H groups in total. The number of aryl methyl sites for hydroxylation is 1. The van der Waals surface area contributed by atoms with Gasteiger partial charge >= 0.3 is 0 Å². The van der Waals surface area contributed by atoms with E-state index in [0.717, 1.165) is 5.56 Å². The first kappa shape index (κ1) is 23.9. The predicted molar refractivity (Wildman–Crippen MR) is 121 cm³/mol. The Morgan fingerprint density at radius 1 is 1.24 bits per heavy atom. The molecule has 1 unspecified atom stereocenters. The van der Waals surface area contributed by atoms with Gasteiger partial charge in [-0.3, -0.25) is 19.8 Å². The van der Waals surface area contributed by atoms with E-state index in [1.54, 1.807) is 37.3 Å². The van der Waals surface area contributed by atoms with Gasteiger partial charge in [0, 0.05) is 29.2 Å². The van der Waals surface area contributed by atoms with Gasteiger partial charge in [0.25, 0.3) is 11.8 Å². The highest BCUT2D eigenvalue weighted by Crippen LogP contribution is 2.26. The van der Waals surface area contributed by atoms with Crippen LogP contribution in [0.3, 0.4) is 0 Å². The minimum atomic E-state index is -1.77. The maximum atomic E-state index is 13.0. The van der Waals surface area contributed by atoms with Gasteiger partial charge in [0.05, 0.1) is 6.61 Å². The number of aliphatic hydroxyl groups is 2. The molecule has 2 aromatic carbocycles. The van der Waals surface area contributed by atoms with E-state index in [2.05, 4.69) is 10.6 Å². The van der Waals surface area contributed by atoms with Gasteiger partial charge in [0.2, 0.25) is 5.91 Å². The van der Waals surface area contributed by atoms with E-state index in [4.69, 9.17) is 21.0 Å². The first-order chi connectivity index (χ1) is 15.7. The summed E-state index contributed by atoms with van der Waals surface area (Å²) in [4.78, 5) is 38.4. The second-order valence-electron chi connectivity index (χ2n) is 7.41. The van der Waals surface area contributed by atoms with Gasteiger partial charge in [0.15, 0.2) is 12.2 Å². The standard InChI is InChI=1S/C22H25N5O6/c1-12-2-7-15(10-16(12)26-17(29)11-28)27-8-9-33-19(22(27)32)18(30)21(31)25-14-5-3-13(4-6-14)20(23)24/h2-7,10,18-19,28,30H,8-9,11H2,1H3,(H3,23,24)(H,25,31)(H,26,29)/t18?,19-/m1/s1. The summed E-state index contributed by atoms with van der Waals surface area (Å²) in [5, 5.41) is 31.9. The van der Waals surface area contributed by atoms with Gasteiger partial charge in [-0.1, -0.05) is 6.07 Å². The van der Waals surface area contributed by atoms with Crippen LogP contribution >= 0.6 is 0 Å². The Labute approximate surface area is 189 Å². The molecule has 0 aromatic heterocycles. The highest BCUT2D eigenvalue weighted by Gasteiger charge is 2.39. The number of morpholine rings is 1. The van der Waals surface area contributed by atoms with Crippen LogP contribution in [0, 0.1) is 12.3 Å². The van der Waals surface area contributed by atoms with E-state index < -0.39 is 36.5 Å². The normalized spacial score (nSPS) is 16.8. The first-order valence-electron chi connectivity index (χ1n) is 10.1. The molecule has 33 heavy (non-hydrogen) atoms. The van der Waals surface area contributed by atoms with Gasteiger partial charge in [-0.25, -0.2) is 0 Å². The van der Waals surface area contributed by atoms with Crippen LogP contribution in [0.15, 0.2) is 42.5 Å². The molecule has 2 atom stereocenters. The summed E-state index contributed by atoms with van der Waals surface area (Å²) in [6.45, 7) is 1.35. The Balaban J connectivity index is 1.73. The van der Waals surface area contributed by atoms with Crippen LogP contribution in [-0.2, 0) is 19.1 Å². The summed E-state index contributed by atoms with van der Waals surface area (Å²) in [5.74, 6) is -2.15. The summed E-state index contributed by atoms with van der Waals surface area (Å²) in [5.41, 5.74) is 7.83. The molecule has 1 heterocycles. The number of carbonyl (C=O) groups excluding carboxylic acids is 3. The molecule has 0 radical (unpaired) electrons. The molecule has 174 valence electrons. The van der Waals surface area contributed by atoms with E-state index in [-0.39, 0.29) is 19.0 Å². The summed E-state index contributed by atoms with van der Waals surface area (Å²) in [6, 6.07) is 11.1. The number of ether oxygens (including phenoxy) is 1. The van der Waals surface area contributed by atoms with Crippen molar-refractivity contribution in [2.75, 3.05) is 35.3 Å². The fourth-order valence-electron chi connectivity index (χ4n) is 3.28. The average Bonchev–Trinajstić information content (AvgIpc) is 2.80. The Hall–Kier alpha value is -3.80. The fraction of sp³-hybridized carbons (Fsp3) is 0.273. The van der Waals surface area contributed by atoms with Crippen molar-refractivity contribution in [3.8, 4) is 0 Å². The molecule has 1 fully saturated rings. The number of hydrogen-bond donors (Lipinski definition) is 6. The number of rotatable bonds is 7. The number of nitrogens with two attached hydrogens (primary N) is 1. The quantitative estimate of drug-likeness (QED) is 0.250. The zero-order valence-electron chi connectivity index (χ0n) is 17.9. The van der Waals surface area contributed by atoms with Gasteiger partial charge in [-0.05, 0) is 48.9 Å². The number of hydrogen-bond acceptors (Lipinski definition) is 7. The third-order valence-corrected chi connectivity index (χ3v) is 5.09. The summed E-state index contributed by atoms with van der Waals surface area (Å²) >= 11 is 0. The van der Waals surface area contributed by atoms with Crippen molar-refractivity contribution in [2.45, 2.75) is 19.1 Å². The molecule has 0 aliphatic carbocycles. The van der Waals surface area contributed by atoms with E-state index in [0.29, 0.717) is 22.6 Å². The summed E-state index contributed by atoms with van der Waals surface area (Å²) < 4.78 is 5.40. The van der Waals surface area contributed by atoms with Gasteiger partial charge in [0.1, 0.15) is 12.4 Å². The highest BCUT2D eigenvalue weighted by molar-refractivity contribution is 6.04. The number of nitrogens with one attached hydrogen (secondary N) is 3.